The van der Waals surface area contributed by atoms with Crippen LogP contribution < -0.4 is 10.2 Å². The van der Waals surface area contributed by atoms with Gasteiger partial charge < -0.3 is 10.2 Å². The maximum Gasteiger partial charge on any atom is 0.416 e. The quantitative estimate of drug-likeness (QED) is 0.675. The predicted molar refractivity (Wildman–Crippen MR) is 108 cm³/mol. The van der Waals surface area contributed by atoms with Gasteiger partial charge in [0.1, 0.15) is 5.82 Å². The molecule has 1 heterocycles. The topological polar surface area (TPSA) is 69.7 Å². The number of amides is 1. The van der Waals surface area contributed by atoms with E-state index < -0.39 is 27.7 Å². The molecule has 0 atom stereocenters. The Balaban J connectivity index is 1.48. The van der Waals surface area contributed by atoms with Gasteiger partial charge in [0, 0.05) is 44.0 Å². The van der Waals surface area contributed by atoms with Crippen molar-refractivity contribution in [3.05, 3.63) is 65.5 Å². The molecular weight excluding hydrogens is 438 g/mol. The van der Waals surface area contributed by atoms with Crippen molar-refractivity contribution in [2.75, 3.05) is 43.4 Å². The van der Waals surface area contributed by atoms with Crippen LogP contribution in [-0.4, -0.2) is 57.1 Å². The molecule has 3 rings (SSSR count). The van der Waals surface area contributed by atoms with Gasteiger partial charge in [-0.2, -0.15) is 17.5 Å². The highest BCUT2D eigenvalue weighted by atomic mass is 32.2. The fourth-order valence-corrected chi connectivity index (χ4v) is 4.55. The Bertz CT molecular complexity index is 1000. The summed E-state index contributed by atoms with van der Waals surface area (Å²) in [5.41, 5.74) is -0.0491. The van der Waals surface area contributed by atoms with E-state index in [1.54, 1.807) is 12.1 Å². The summed E-state index contributed by atoms with van der Waals surface area (Å²) < 4.78 is 77.2. The van der Waals surface area contributed by atoms with Gasteiger partial charge in [-0.05, 0) is 48.5 Å². The van der Waals surface area contributed by atoms with Gasteiger partial charge in [0.2, 0.25) is 10.0 Å². The van der Waals surface area contributed by atoms with Crippen LogP contribution in [0.15, 0.2) is 48.5 Å². The molecule has 1 aliphatic rings. The van der Waals surface area contributed by atoms with Gasteiger partial charge in [-0.3, -0.25) is 4.79 Å². The lowest BCUT2D eigenvalue weighted by atomic mass is 10.1. The number of nitrogens with zero attached hydrogens (tertiary/aromatic N) is 2. The zero-order valence-corrected chi connectivity index (χ0v) is 17.2. The summed E-state index contributed by atoms with van der Waals surface area (Å²) in [6, 6.07) is 9.64. The van der Waals surface area contributed by atoms with Crippen LogP contribution in [0.3, 0.4) is 0 Å². The number of sulfonamides is 1. The fourth-order valence-electron chi connectivity index (χ4n) is 3.21. The van der Waals surface area contributed by atoms with Crippen molar-refractivity contribution in [3.63, 3.8) is 0 Å². The van der Waals surface area contributed by atoms with Crippen molar-refractivity contribution in [1.29, 1.82) is 0 Å². The standard InChI is InChI=1S/C20H21F4N3O3S/c21-17-5-7-18(8-6-17)26-10-12-27(13-11-26)31(29,30)14-9-25-19(28)15-1-3-16(4-2-15)20(22,23)24/h1-8H,9-14H2,(H,25,28). The summed E-state index contributed by atoms with van der Waals surface area (Å²) in [7, 11) is -3.62. The highest BCUT2D eigenvalue weighted by Gasteiger charge is 2.30. The first-order valence-electron chi connectivity index (χ1n) is 9.50. The molecule has 0 radical (unpaired) electrons. The maximum atomic E-state index is 13.0. The summed E-state index contributed by atoms with van der Waals surface area (Å²) in [5.74, 6) is -1.32. The number of hydrogen-bond acceptors (Lipinski definition) is 4. The number of halogens is 4. The lowest BCUT2D eigenvalue weighted by molar-refractivity contribution is -0.137. The maximum absolute atomic E-state index is 13.0. The number of benzene rings is 2. The van der Waals surface area contributed by atoms with Crippen LogP contribution in [-0.2, 0) is 16.2 Å². The normalized spacial score (nSPS) is 15.7. The van der Waals surface area contributed by atoms with Crippen molar-refractivity contribution >= 4 is 21.6 Å². The lowest BCUT2D eigenvalue weighted by Crippen LogP contribution is -2.50. The third kappa shape index (κ3) is 5.95. The van der Waals surface area contributed by atoms with E-state index >= 15 is 0 Å². The van der Waals surface area contributed by atoms with Crippen LogP contribution >= 0.6 is 0 Å². The molecule has 1 amide bonds. The summed E-state index contributed by atoms with van der Waals surface area (Å²) in [6.07, 6.45) is -4.50. The lowest BCUT2D eigenvalue weighted by Gasteiger charge is -2.35. The van der Waals surface area contributed by atoms with E-state index in [-0.39, 0.29) is 36.8 Å². The molecule has 11 heteroatoms. The first-order chi connectivity index (χ1) is 14.6. The Morgan fingerprint density at radius 1 is 0.935 bits per heavy atom. The number of alkyl halides is 3. The SMILES string of the molecule is O=C(NCCS(=O)(=O)N1CCN(c2ccc(F)cc2)CC1)c1ccc(C(F)(F)F)cc1. The zero-order valence-electron chi connectivity index (χ0n) is 16.4. The first kappa shape index (κ1) is 23.0. The molecule has 1 fully saturated rings. The molecule has 2 aromatic rings. The number of carbonyl (C=O) groups is 1. The van der Waals surface area contributed by atoms with Crippen LogP contribution in [0.1, 0.15) is 15.9 Å². The molecule has 2 aromatic carbocycles. The van der Waals surface area contributed by atoms with Crippen LogP contribution in [0.25, 0.3) is 0 Å². The largest absolute Gasteiger partial charge is 0.416 e. The average Bonchev–Trinajstić information content (AvgIpc) is 2.74. The van der Waals surface area contributed by atoms with Crippen molar-refractivity contribution in [2.45, 2.75) is 6.18 Å². The number of carbonyl (C=O) groups excluding carboxylic acids is 1. The number of nitrogens with one attached hydrogen (secondary N) is 1. The Morgan fingerprint density at radius 2 is 1.52 bits per heavy atom. The molecule has 0 aromatic heterocycles. The number of rotatable bonds is 6. The summed E-state index contributed by atoms with van der Waals surface area (Å²) in [4.78, 5) is 14.0. The number of piperazine rings is 1. The zero-order chi connectivity index (χ0) is 22.6. The second-order valence-electron chi connectivity index (χ2n) is 7.01. The van der Waals surface area contributed by atoms with Crippen LogP contribution in [0.4, 0.5) is 23.2 Å². The minimum Gasteiger partial charge on any atom is -0.369 e. The summed E-state index contributed by atoms with van der Waals surface area (Å²) in [5, 5.41) is 2.42. The summed E-state index contributed by atoms with van der Waals surface area (Å²) in [6.45, 7) is 1.24. The molecule has 1 saturated heterocycles. The van der Waals surface area contributed by atoms with Gasteiger partial charge >= 0.3 is 6.18 Å². The molecule has 168 valence electrons. The molecule has 31 heavy (non-hydrogen) atoms. The smallest absolute Gasteiger partial charge is 0.369 e. The second-order valence-corrected chi connectivity index (χ2v) is 9.10. The number of hydrogen-bond donors (Lipinski definition) is 1. The van der Waals surface area contributed by atoms with Crippen LogP contribution in [0, 0.1) is 5.82 Å². The van der Waals surface area contributed by atoms with E-state index in [2.05, 4.69) is 5.32 Å². The van der Waals surface area contributed by atoms with Crippen LogP contribution in [0.2, 0.25) is 0 Å². The van der Waals surface area contributed by atoms with Crippen molar-refractivity contribution in [2.24, 2.45) is 0 Å². The highest BCUT2D eigenvalue weighted by Crippen LogP contribution is 2.29. The molecule has 0 bridgehead atoms. The third-order valence-corrected chi connectivity index (χ3v) is 6.82. The Hall–Kier alpha value is -2.66. The van der Waals surface area contributed by atoms with E-state index in [9.17, 15) is 30.8 Å². The fraction of sp³-hybridized carbons (Fsp3) is 0.350. The first-order valence-corrected chi connectivity index (χ1v) is 11.1. The van der Waals surface area contributed by atoms with Gasteiger partial charge in [0.05, 0.1) is 11.3 Å². The molecule has 6 nitrogen and oxygen atoms in total. The Labute approximate surface area is 177 Å². The van der Waals surface area contributed by atoms with Gasteiger partial charge in [-0.25, -0.2) is 12.8 Å². The monoisotopic (exact) mass is 459 g/mol. The second kappa shape index (κ2) is 9.23. The van der Waals surface area contributed by atoms with Gasteiger partial charge in [-0.1, -0.05) is 0 Å². The molecule has 0 saturated carbocycles. The molecule has 0 spiro atoms. The molecular formula is C20H21F4N3O3S. The van der Waals surface area contributed by atoms with E-state index in [1.165, 1.54) is 16.4 Å². The number of anilines is 1. The highest BCUT2D eigenvalue weighted by molar-refractivity contribution is 7.89. The van der Waals surface area contributed by atoms with Gasteiger partial charge in [-0.15, -0.1) is 0 Å². The predicted octanol–water partition coefficient (Wildman–Crippen LogP) is 2.73. The molecule has 1 N–H and O–H groups in total. The Morgan fingerprint density at radius 3 is 2.06 bits per heavy atom. The van der Waals surface area contributed by atoms with Gasteiger partial charge in [0.25, 0.3) is 5.91 Å². The minimum absolute atomic E-state index is 0.0123. The van der Waals surface area contributed by atoms with Crippen molar-refractivity contribution in [3.8, 4) is 0 Å². The van der Waals surface area contributed by atoms with Crippen molar-refractivity contribution < 1.29 is 30.8 Å². The van der Waals surface area contributed by atoms with E-state index in [1.807, 2.05) is 4.90 Å². The minimum atomic E-state index is -4.50. The third-order valence-electron chi connectivity index (χ3n) is 4.94. The molecule has 1 aliphatic heterocycles. The average molecular weight is 459 g/mol. The van der Waals surface area contributed by atoms with Crippen molar-refractivity contribution in [1.82, 2.24) is 9.62 Å². The van der Waals surface area contributed by atoms with E-state index in [4.69, 9.17) is 0 Å². The molecule has 0 aliphatic carbocycles. The van der Waals surface area contributed by atoms with Gasteiger partial charge in [0.15, 0.2) is 0 Å². The molecule has 0 unspecified atom stereocenters. The Kier molecular flexibility index (Phi) is 6.85. The van der Waals surface area contributed by atoms with E-state index in [0.717, 1.165) is 30.0 Å². The van der Waals surface area contributed by atoms with Crippen LogP contribution in [0.5, 0.6) is 0 Å². The summed E-state index contributed by atoms with van der Waals surface area (Å²) >= 11 is 0. The van der Waals surface area contributed by atoms with E-state index in [0.29, 0.717) is 13.1 Å².